The summed E-state index contributed by atoms with van der Waals surface area (Å²) in [7, 11) is 0. The molecule has 0 aliphatic carbocycles. The summed E-state index contributed by atoms with van der Waals surface area (Å²) in [5.41, 5.74) is 2.49. The van der Waals surface area contributed by atoms with Gasteiger partial charge in [-0.2, -0.15) is 0 Å². The third kappa shape index (κ3) is 8.90. The van der Waals surface area contributed by atoms with Crippen LogP contribution in [0.15, 0.2) is 35.5 Å². The van der Waals surface area contributed by atoms with Gasteiger partial charge in [0.2, 0.25) is 0 Å². The summed E-state index contributed by atoms with van der Waals surface area (Å²) in [5, 5.41) is 0. The van der Waals surface area contributed by atoms with Crippen molar-refractivity contribution >= 4 is 0 Å². The van der Waals surface area contributed by atoms with Crippen molar-refractivity contribution in [1.82, 2.24) is 0 Å². The fourth-order valence-electron chi connectivity index (χ4n) is 1.19. The molecule has 0 amide bonds. The lowest BCUT2D eigenvalue weighted by atomic mass is 10.2. The van der Waals surface area contributed by atoms with Crippen LogP contribution < -0.4 is 0 Å². The molecule has 0 unspecified atom stereocenters. The van der Waals surface area contributed by atoms with Crippen LogP contribution in [-0.2, 0) is 9.47 Å². The SMILES string of the molecule is CC=CC(C)(OCC=C(C)C)OCC=C(C)C. The van der Waals surface area contributed by atoms with E-state index in [2.05, 4.69) is 27.7 Å². The van der Waals surface area contributed by atoms with Crippen LogP contribution in [0.4, 0.5) is 0 Å². The molecule has 98 valence electrons. The Bertz CT molecular complexity index is 268. The first kappa shape index (κ1) is 16.1. The lowest BCUT2D eigenvalue weighted by Crippen LogP contribution is -2.30. The molecule has 0 aromatic rings. The predicted octanol–water partition coefficient (Wildman–Crippen LogP) is 4.24. The molecule has 0 saturated heterocycles. The zero-order valence-corrected chi connectivity index (χ0v) is 12.0. The molecule has 0 radical (unpaired) electrons. The highest BCUT2D eigenvalue weighted by Crippen LogP contribution is 2.15. The fourth-order valence-corrected chi connectivity index (χ4v) is 1.19. The Hall–Kier alpha value is -0.860. The van der Waals surface area contributed by atoms with Gasteiger partial charge in [0.15, 0.2) is 5.79 Å². The van der Waals surface area contributed by atoms with Gasteiger partial charge in [-0.15, -0.1) is 0 Å². The maximum Gasteiger partial charge on any atom is 0.185 e. The van der Waals surface area contributed by atoms with Crippen molar-refractivity contribution in [3.05, 3.63) is 35.5 Å². The summed E-state index contributed by atoms with van der Waals surface area (Å²) in [5.74, 6) is -0.646. The average Bonchev–Trinajstić information content (AvgIpc) is 2.16. The van der Waals surface area contributed by atoms with E-state index in [0.29, 0.717) is 13.2 Å². The van der Waals surface area contributed by atoms with Crippen molar-refractivity contribution in [2.45, 2.75) is 47.3 Å². The number of hydrogen-bond acceptors (Lipinski definition) is 2. The highest BCUT2D eigenvalue weighted by Gasteiger charge is 2.20. The molecule has 0 bridgehead atoms. The summed E-state index contributed by atoms with van der Waals surface area (Å²) < 4.78 is 11.5. The molecular formula is C15H26O2. The van der Waals surface area contributed by atoms with Gasteiger partial charge in [0.1, 0.15) is 0 Å². The molecule has 0 fully saturated rings. The van der Waals surface area contributed by atoms with E-state index in [1.165, 1.54) is 11.1 Å². The quantitative estimate of drug-likeness (QED) is 0.488. The molecule has 0 saturated carbocycles. The van der Waals surface area contributed by atoms with E-state index in [1.807, 2.05) is 38.2 Å². The average molecular weight is 238 g/mol. The van der Waals surface area contributed by atoms with E-state index in [0.717, 1.165) is 0 Å². The molecule has 0 spiro atoms. The van der Waals surface area contributed by atoms with E-state index < -0.39 is 5.79 Å². The van der Waals surface area contributed by atoms with Gasteiger partial charge in [-0.05, 0) is 47.6 Å². The Morgan fingerprint density at radius 3 is 1.65 bits per heavy atom. The topological polar surface area (TPSA) is 18.5 Å². The van der Waals surface area contributed by atoms with Crippen LogP contribution in [0, 0.1) is 0 Å². The fraction of sp³-hybridized carbons (Fsp3) is 0.600. The molecule has 0 heterocycles. The van der Waals surface area contributed by atoms with Crippen molar-refractivity contribution < 1.29 is 9.47 Å². The van der Waals surface area contributed by atoms with E-state index in [9.17, 15) is 0 Å². The van der Waals surface area contributed by atoms with E-state index in [4.69, 9.17) is 9.47 Å². The summed E-state index contributed by atoms with van der Waals surface area (Å²) in [6.07, 6.45) is 7.98. The van der Waals surface area contributed by atoms with Crippen LogP contribution in [0.3, 0.4) is 0 Å². The minimum absolute atomic E-state index is 0.567. The van der Waals surface area contributed by atoms with Crippen LogP contribution in [0.5, 0.6) is 0 Å². The van der Waals surface area contributed by atoms with Crippen molar-refractivity contribution in [3.63, 3.8) is 0 Å². The van der Waals surface area contributed by atoms with Gasteiger partial charge in [0.25, 0.3) is 0 Å². The molecule has 0 aromatic heterocycles. The molecule has 2 nitrogen and oxygen atoms in total. The molecule has 17 heavy (non-hydrogen) atoms. The van der Waals surface area contributed by atoms with Gasteiger partial charge in [0.05, 0.1) is 13.2 Å². The molecular weight excluding hydrogens is 212 g/mol. The summed E-state index contributed by atoms with van der Waals surface area (Å²) in [4.78, 5) is 0. The first-order chi connectivity index (χ1) is 7.89. The second kappa shape index (κ2) is 8.26. The standard InChI is InChI=1S/C15H26O2/c1-7-10-15(6,16-11-8-13(2)3)17-12-9-14(4)5/h7-10H,11-12H2,1-6H3. The number of hydrogen-bond donors (Lipinski definition) is 0. The minimum Gasteiger partial charge on any atom is -0.343 e. The monoisotopic (exact) mass is 238 g/mol. The number of rotatable bonds is 7. The van der Waals surface area contributed by atoms with Crippen molar-refractivity contribution in [1.29, 1.82) is 0 Å². The lowest BCUT2D eigenvalue weighted by Gasteiger charge is -2.26. The van der Waals surface area contributed by atoms with Gasteiger partial charge < -0.3 is 9.47 Å². The van der Waals surface area contributed by atoms with E-state index in [1.54, 1.807) is 0 Å². The summed E-state index contributed by atoms with van der Waals surface area (Å²) in [6, 6.07) is 0. The number of ether oxygens (including phenoxy) is 2. The lowest BCUT2D eigenvalue weighted by molar-refractivity contribution is -0.178. The van der Waals surface area contributed by atoms with Gasteiger partial charge in [0, 0.05) is 0 Å². The van der Waals surface area contributed by atoms with Gasteiger partial charge in [-0.3, -0.25) is 0 Å². The first-order valence-corrected chi connectivity index (χ1v) is 6.08. The highest BCUT2D eigenvalue weighted by atomic mass is 16.7. The Morgan fingerprint density at radius 1 is 0.941 bits per heavy atom. The maximum atomic E-state index is 5.75. The molecule has 0 aliphatic heterocycles. The smallest absolute Gasteiger partial charge is 0.185 e. The Labute approximate surface area is 106 Å². The van der Waals surface area contributed by atoms with Crippen LogP contribution >= 0.6 is 0 Å². The van der Waals surface area contributed by atoms with Crippen molar-refractivity contribution in [2.75, 3.05) is 13.2 Å². The normalized spacial score (nSPS) is 11.6. The van der Waals surface area contributed by atoms with Crippen LogP contribution in [0.2, 0.25) is 0 Å². The van der Waals surface area contributed by atoms with Gasteiger partial charge in [-0.1, -0.05) is 29.4 Å². The zero-order chi connectivity index (χ0) is 13.3. The second-order valence-electron chi connectivity index (χ2n) is 4.70. The third-order valence-corrected chi connectivity index (χ3v) is 2.19. The Balaban J connectivity index is 4.35. The third-order valence-electron chi connectivity index (χ3n) is 2.19. The second-order valence-corrected chi connectivity index (χ2v) is 4.70. The largest absolute Gasteiger partial charge is 0.343 e. The van der Waals surface area contributed by atoms with Crippen LogP contribution in [0.25, 0.3) is 0 Å². The van der Waals surface area contributed by atoms with Gasteiger partial charge in [-0.25, -0.2) is 0 Å². The van der Waals surface area contributed by atoms with Crippen molar-refractivity contribution in [3.8, 4) is 0 Å². The summed E-state index contributed by atoms with van der Waals surface area (Å²) in [6.45, 7) is 13.3. The van der Waals surface area contributed by atoms with E-state index in [-0.39, 0.29) is 0 Å². The van der Waals surface area contributed by atoms with Crippen LogP contribution in [0.1, 0.15) is 41.5 Å². The zero-order valence-electron chi connectivity index (χ0n) is 12.0. The summed E-state index contributed by atoms with van der Waals surface area (Å²) >= 11 is 0. The molecule has 0 atom stereocenters. The van der Waals surface area contributed by atoms with Gasteiger partial charge >= 0.3 is 0 Å². The first-order valence-electron chi connectivity index (χ1n) is 6.08. The molecule has 0 aromatic carbocycles. The molecule has 2 heteroatoms. The molecule has 0 rings (SSSR count). The number of allylic oxidation sites excluding steroid dienone is 3. The molecule has 0 N–H and O–H groups in total. The Morgan fingerprint density at radius 2 is 1.35 bits per heavy atom. The predicted molar refractivity (Wildman–Crippen MR) is 74.0 cm³/mol. The van der Waals surface area contributed by atoms with E-state index >= 15 is 0 Å². The van der Waals surface area contributed by atoms with Crippen LogP contribution in [-0.4, -0.2) is 19.0 Å². The molecule has 0 aliphatic rings. The van der Waals surface area contributed by atoms with Crippen molar-refractivity contribution in [2.24, 2.45) is 0 Å². The highest BCUT2D eigenvalue weighted by molar-refractivity contribution is 4.98. The Kier molecular flexibility index (Phi) is 7.85. The maximum absolute atomic E-state index is 5.75. The minimum atomic E-state index is -0.646.